The normalized spacial score (nSPS) is 11.0. The molecule has 0 aliphatic carbocycles. The Morgan fingerprint density at radius 2 is 2.14 bits per heavy atom. The molecule has 6 nitrogen and oxygen atoms in total. The highest BCUT2D eigenvalue weighted by Gasteiger charge is 2.28. The molecule has 0 saturated carbocycles. The molecule has 0 atom stereocenters. The molecule has 0 bridgehead atoms. The molecule has 1 heterocycles. The Labute approximate surface area is 128 Å². The van der Waals surface area contributed by atoms with Gasteiger partial charge in [-0.25, -0.2) is 9.07 Å². The molecule has 0 spiro atoms. The molecule has 2 rings (SSSR count). The van der Waals surface area contributed by atoms with E-state index in [9.17, 15) is 14.5 Å². The second kappa shape index (κ2) is 5.80. The zero-order chi connectivity index (χ0) is 15.7. The van der Waals surface area contributed by atoms with E-state index in [0.29, 0.717) is 0 Å². The third kappa shape index (κ3) is 3.05. The van der Waals surface area contributed by atoms with Crippen LogP contribution in [0.25, 0.3) is 0 Å². The van der Waals surface area contributed by atoms with Crippen molar-refractivity contribution in [3.63, 3.8) is 0 Å². The molecular formula is C13H13BrFN3O3. The Kier molecular flexibility index (Phi) is 4.26. The number of nitro groups is 1. The van der Waals surface area contributed by atoms with Crippen LogP contribution in [0.1, 0.15) is 25.6 Å². The summed E-state index contributed by atoms with van der Waals surface area (Å²) in [5, 5.41) is 15.3. The second-order valence-electron chi connectivity index (χ2n) is 4.71. The summed E-state index contributed by atoms with van der Waals surface area (Å²) in [7, 11) is 0. The fraction of sp³-hybridized carbons (Fsp3) is 0.308. The molecule has 0 radical (unpaired) electrons. The van der Waals surface area contributed by atoms with Gasteiger partial charge in [0.05, 0.1) is 15.4 Å². The summed E-state index contributed by atoms with van der Waals surface area (Å²) in [6.07, 6.45) is 0. The topological polar surface area (TPSA) is 70.2 Å². The largest absolute Gasteiger partial charge is 0.434 e. The lowest BCUT2D eigenvalue weighted by Gasteiger charge is -2.11. The van der Waals surface area contributed by atoms with E-state index in [-0.39, 0.29) is 33.5 Å². The molecule has 0 amide bonds. The average molecular weight is 358 g/mol. The SMILES string of the molecule is Cc1nn(C(C)C)c(Oc2ccc(F)c(Br)c2)c1[N+](=O)[O-]. The first kappa shape index (κ1) is 15.4. The third-order valence-corrected chi connectivity index (χ3v) is 3.40. The summed E-state index contributed by atoms with van der Waals surface area (Å²) in [4.78, 5) is 10.7. The maximum atomic E-state index is 13.2. The fourth-order valence-electron chi connectivity index (χ4n) is 1.82. The first-order chi connectivity index (χ1) is 9.81. The highest BCUT2D eigenvalue weighted by molar-refractivity contribution is 9.10. The number of halogens is 2. The smallest absolute Gasteiger partial charge is 0.353 e. The van der Waals surface area contributed by atoms with E-state index in [2.05, 4.69) is 21.0 Å². The first-order valence-corrected chi connectivity index (χ1v) is 6.97. The van der Waals surface area contributed by atoms with Gasteiger partial charge in [-0.3, -0.25) is 10.1 Å². The van der Waals surface area contributed by atoms with E-state index in [4.69, 9.17) is 4.74 Å². The van der Waals surface area contributed by atoms with Crippen LogP contribution in [0, 0.1) is 22.9 Å². The van der Waals surface area contributed by atoms with Crippen LogP contribution in [0.15, 0.2) is 22.7 Å². The summed E-state index contributed by atoms with van der Waals surface area (Å²) in [5.41, 5.74) is 0.0778. The van der Waals surface area contributed by atoms with E-state index in [1.807, 2.05) is 13.8 Å². The number of ether oxygens (including phenoxy) is 1. The molecule has 8 heteroatoms. The van der Waals surface area contributed by atoms with Crippen molar-refractivity contribution < 1.29 is 14.1 Å². The van der Waals surface area contributed by atoms with Gasteiger partial charge in [-0.2, -0.15) is 5.10 Å². The van der Waals surface area contributed by atoms with Crippen molar-refractivity contribution in [2.45, 2.75) is 26.8 Å². The minimum Gasteiger partial charge on any atom is -0.434 e. The zero-order valence-corrected chi connectivity index (χ0v) is 13.2. The van der Waals surface area contributed by atoms with Crippen LogP contribution in [-0.2, 0) is 0 Å². The Morgan fingerprint density at radius 1 is 1.48 bits per heavy atom. The van der Waals surface area contributed by atoms with Gasteiger partial charge in [0.2, 0.25) is 0 Å². The zero-order valence-electron chi connectivity index (χ0n) is 11.6. The molecular weight excluding hydrogens is 345 g/mol. The van der Waals surface area contributed by atoms with Crippen LogP contribution in [0.2, 0.25) is 0 Å². The Balaban J connectivity index is 2.51. The maximum Gasteiger partial charge on any atom is 0.353 e. The minimum atomic E-state index is -0.533. The Bertz CT molecular complexity index is 700. The number of nitrogens with zero attached hydrogens (tertiary/aromatic N) is 3. The lowest BCUT2D eigenvalue weighted by Crippen LogP contribution is -2.05. The van der Waals surface area contributed by atoms with Crippen LogP contribution >= 0.6 is 15.9 Å². The van der Waals surface area contributed by atoms with Crippen molar-refractivity contribution in [2.75, 3.05) is 0 Å². The molecule has 0 aliphatic rings. The van der Waals surface area contributed by atoms with Gasteiger partial charge in [0, 0.05) is 0 Å². The predicted octanol–water partition coefficient (Wildman–Crippen LogP) is 4.37. The summed E-state index contributed by atoms with van der Waals surface area (Å²) in [6.45, 7) is 5.22. The average Bonchev–Trinajstić information content (AvgIpc) is 2.71. The van der Waals surface area contributed by atoms with E-state index < -0.39 is 10.7 Å². The molecule has 0 unspecified atom stereocenters. The highest BCUT2D eigenvalue weighted by Crippen LogP contribution is 2.36. The number of aryl methyl sites for hydroxylation is 1. The van der Waals surface area contributed by atoms with E-state index in [1.165, 1.54) is 22.9 Å². The number of hydrogen-bond donors (Lipinski definition) is 0. The minimum absolute atomic E-state index is 0.0333. The molecule has 2 aromatic rings. The van der Waals surface area contributed by atoms with Gasteiger partial charge in [-0.05, 0) is 54.9 Å². The van der Waals surface area contributed by atoms with Crippen molar-refractivity contribution in [3.8, 4) is 11.6 Å². The monoisotopic (exact) mass is 357 g/mol. The van der Waals surface area contributed by atoms with Gasteiger partial charge in [-0.15, -0.1) is 0 Å². The second-order valence-corrected chi connectivity index (χ2v) is 5.57. The molecule has 112 valence electrons. The summed E-state index contributed by atoms with van der Waals surface area (Å²) < 4.78 is 20.5. The van der Waals surface area contributed by atoms with E-state index >= 15 is 0 Å². The summed E-state index contributed by atoms with van der Waals surface area (Å²) in [5.74, 6) is -0.121. The highest BCUT2D eigenvalue weighted by atomic mass is 79.9. The molecule has 0 aliphatic heterocycles. The van der Waals surface area contributed by atoms with Crippen LogP contribution in [0.3, 0.4) is 0 Å². The van der Waals surface area contributed by atoms with Gasteiger partial charge >= 0.3 is 5.69 Å². The van der Waals surface area contributed by atoms with Crippen LogP contribution < -0.4 is 4.74 Å². The van der Waals surface area contributed by atoms with Crippen molar-refractivity contribution in [2.24, 2.45) is 0 Å². The van der Waals surface area contributed by atoms with Gasteiger partial charge < -0.3 is 4.74 Å². The lowest BCUT2D eigenvalue weighted by molar-refractivity contribution is -0.386. The van der Waals surface area contributed by atoms with Crippen molar-refractivity contribution >= 4 is 21.6 Å². The Morgan fingerprint density at radius 3 is 2.67 bits per heavy atom. The van der Waals surface area contributed by atoms with Crippen molar-refractivity contribution in [3.05, 3.63) is 44.3 Å². The summed E-state index contributed by atoms with van der Waals surface area (Å²) in [6, 6.07) is 3.91. The van der Waals surface area contributed by atoms with Gasteiger partial charge in [-0.1, -0.05) is 0 Å². The van der Waals surface area contributed by atoms with Crippen LogP contribution in [-0.4, -0.2) is 14.7 Å². The van der Waals surface area contributed by atoms with Gasteiger partial charge in [0.15, 0.2) is 0 Å². The van der Waals surface area contributed by atoms with Crippen LogP contribution in [0.4, 0.5) is 10.1 Å². The first-order valence-electron chi connectivity index (χ1n) is 6.17. The summed E-state index contributed by atoms with van der Waals surface area (Å²) >= 11 is 3.05. The molecule has 0 fully saturated rings. The van der Waals surface area contributed by atoms with Gasteiger partial charge in [0.1, 0.15) is 17.3 Å². The van der Waals surface area contributed by atoms with Crippen molar-refractivity contribution in [1.82, 2.24) is 9.78 Å². The molecule has 0 saturated heterocycles. The molecule has 0 N–H and O–H groups in total. The fourth-order valence-corrected chi connectivity index (χ4v) is 2.18. The van der Waals surface area contributed by atoms with Crippen molar-refractivity contribution in [1.29, 1.82) is 0 Å². The van der Waals surface area contributed by atoms with E-state index in [0.717, 1.165) is 0 Å². The lowest BCUT2D eigenvalue weighted by atomic mass is 10.3. The number of hydrogen-bond acceptors (Lipinski definition) is 4. The Hall–Kier alpha value is -1.96. The molecule has 21 heavy (non-hydrogen) atoms. The van der Waals surface area contributed by atoms with Gasteiger partial charge in [0.25, 0.3) is 5.88 Å². The third-order valence-electron chi connectivity index (χ3n) is 2.79. The number of aromatic nitrogens is 2. The molecule has 1 aromatic carbocycles. The maximum absolute atomic E-state index is 13.2. The molecule has 1 aromatic heterocycles. The quantitative estimate of drug-likeness (QED) is 0.601. The standard InChI is InChI=1S/C13H13BrFN3O3/c1-7(2)17-13(12(18(19)20)8(3)16-17)21-9-4-5-11(15)10(14)6-9/h4-7H,1-3H3. The number of rotatable bonds is 4. The number of benzene rings is 1. The van der Waals surface area contributed by atoms with Crippen LogP contribution in [0.5, 0.6) is 11.6 Å². The predicted molar refractivity (Wildman–Crippen MR) is 78.2 cm³/mol. The van der Waals surface area contributed by atoms with E-state index in [1.54, 1.807) is 6.92 Å².